The van der Waals surface area contributed by atoms with Gasteiger partial charge in [0.05, 0.1) is 10.4 Å². The maximum absolute atomic E-state index is 11.5. The van der Waals surface area contributed by atoms with Gasteiger partial charge in [-0.25, -0.2) is 0 Å². The summed E-state index contributed by atoms with van der Waals surface area (Å²) in [6.07, 6.45) is 2.00. The molecule has 0 spiro atoms. The number of fused-ring (bicyclic) bond motifs is 2. The Kier molecular flexibility index (Phi) is 1.49. The van der Waals surface area contributed by atoms with Crippen molar-refractivity contribution >= 4 is 17.0 Å². The molecule has 2 nitrogen and oxygen atoms in total. The summed E-state index contributed by atoms with van der Waals surface area (Å²) in [5.74, 6) is 0. The molecule has 3 rings (SSSR count). The number of rotatable bonds is 0. The Morgan fingerprint density at radius 2 is 2.07 bits per heavy atom. The molecule has 2 heterocycles. The van der Waals surface area contributed by atoms with E-state index in [0.717, 1.165) is 16.0 Å². The Morgan fingerprint density at radius 1 is 1.14 bits per heavy atom. The zero-order chi connectivity index (χ0) is 9.54. The Balaban J connectivity index is 2.58. The molecule has 68 valence electrons. The van der Waals surface area contributed by atoms with E-state index in [0.29, 0.717) is 0 Å². The summed E-state index contributed by atoms with van der Waals surface area (Å²) < 4.78 is 2.06. The Morgan fingerprint density at radius 3 is 3.00 bits per heavy atom. The van der Waals surface area contributed by atoms with Crippen molar-refractivity contribution in [3.05, 3.63) is 52.8 Å². The highest BCUT2D eigenvalue weighted by Crippen LogP contribution is 2.24. The van der Waals surface area contributed by atoms with Crippen molar-refractivity contribution in [2.24, 2.45) is 0 Å². The fourth-order valence-corrected chi connectivity index (χ4v) is 2.53. The second kappa shape index (κ2) is 2.69. The summed E-state index contributed by atoms with van der Waals surface area (Å²) in [7, 11) is 0. The first-order valence-corrected chi connectivity index (χ1v) is 5.12. The zero-order valence-electron chi connectivity index (χ0n) is 7.31. The average Bonchev–Trinajstić information content (AvgIpc) is 2.62. The van der Waals surface area contributed by atoms with E-state index < -0.39 is 0 Å². The van der Waals surface area contributed by atoms with Crippen LogP contribution in [0, 0.1) is 0 Å². The zero-order valence-corrected chi connectivity index (χ0v) is 8.12. The van der Waals surface area contributed by atoms with E-state index in [1.165, 1.54) is 0 Å². The molecular formula is C11H7NOS. The predicted octanol–water partition coefficient (Wildman–Crippen LogP) is 2.47. The minimum absolute atomic E-state index is 0.0995. The van der Waals surface area contributed by atoms with Crippen LogP contribution >= 0.6 is 11.5 Å². The molecule has 0 fully saturated rings. The fraction of sp³-hybridized carbons (Fsp3) is 0. The van der Waals surface area contributed by atoms with Crippen molar-refractivity contribution in [2.75, 3.05) is 0 Å². The molecule has 0 bridgehead atoms. The van der Waals surface area contributed by atoms with Gasteiger partial charge in [0, 0.05) is 11.8 Å². The van der Waals surface area contributed by atoms with Gasteiger partial charge in [-0.3, -0.25) is 8.58 Å². The molecule has 1 aromatic rings. The minimum atomic E-state index is 0.0995. The predicted molar refractivity (Wildman–Crippen MR) is 58.2 cm³/mol. The van der Waals surface area contributed by atoms with Gasteiger partial charge in [0.15, 0.2) is 5.43 Å². The number of aromatic nitrogens is 1. The SMILES string of the molecule is O=c1cccc2sn3cccc3cc1-2. The monoisotopic (exact) mass is 201 g/mol. The van der Waals surface area contributed by atoms with E-state index in [1.54, 1.807) is 23.7 Å². The highest BCUT2D eigenvalue weighted by atomic mass is 32.1. The number of hydrogen-bond acceptors (Lipinski definition) is 2. The van der Waals surface area contributed by atoms with Crippen molar-refractivity contribution < 1.29 is 0 Å². The van der Waals surface area contributed by atoms with E-state index >= 15 is 0 Å². The molecule has 0 radical (unpaired) electrons. The third-order valence-electron chi connectivity index (χ3n) is 2.26. The maximum atomic E-state index is 11.5. The van der Waals surface area contributed by atoms with Gasteiger partial charge in [-0.1, -0.05) is 17.6 Å². The summed E-state index contributed by atoms with van der Waals surface area (Å²) in [6.45, 7) is 0. The molecule has 1 aliphatic heterocycles. The lowest BCUT2D eigenvalue weighted by atomic mass is 10.1. The first-order valence-electron chi connectivity index (χ1n) is 4.35. The van der Waals surface area contributed by atoms with Gasteiger partial charge in [0.1, 0.15) is 0 Å². The standard InChI is InChI=1S/C11H7NOS/c13-10-4-1-5-11-9(10)7-8-3-2-6-12(8)14-11/h1-7H. The van der Waals surface area contributed by atoms with Crippen LogP contribution in [0.25, 0.3) is 16.0 Å². The molecule has 0 unspecified atom stereocenters. The second-order valence-electron chi connectivity index (χ2n) is 3.16. The topological polar surface area (TPSA) is 21.5 Å². The van der Waals surface area contributed by atoms with Crippen LogP contribution in [0.4, 0.5) is 0 Å². The molecule has 2 aliphatic rings. The maximum Gasteiger partial charge on any atom is 0.187 e. The lowest BCUT2D eigenvalue weighted by molar-refractivity contribution is 1.37. The molecule has 0 N–H and O–H groups in total. The third-order valence-corrected chi connectivity index (χ3v) is 3.34. The second-order valence-corrected chi connectivity index (χ2v) is 4.18. The van der Waals surface area contributed by atoms with Crippen molar-refractivity contribution in [1.29, 1.82) is 0 Å². The average molecular weight is 201 g/mol. The smallest absolute Gasteiger partial charge is 0.187 e. The Hall–Kier alpha value is -1.61. The van der Waals surface area contributed by atoms with Crippen LogP contribution in [0.1, 0.15) is 0 Å². The van der Waals surface area contributed by atoms with Crippen LogP contribution in [0.3, 0.4) is 0 Å². The first kappa shape index (κ1) is 7.76. The van der Waals surface area contributed by atoms with Crippen molar-refractivity contribution in [3.63, 3.8) is 0 Å². The van der Waals surface area contributed by atoms with Crippen LogP contribution in [-0.4, -0.2) is 3.79 Å². The fourth-order valence-electron chi connectivity index (χ4n) is 1.57. The molecule has 0 amide bonds. The number of nitrogens with zero attached hydrogens (tertiary/aromatic N) is 1. The van der Waals surface area contributed by atoms with Crippen LogP contribution in [-0.2, 0) is 0 Å². The van der Waals surface area contributed by atoms with E-state index in [-0.39, 0.29) is 5.43 Å². The molecule has 0 saturated heterocycles. The molecule has 0 aromatic carbocycles. The third kappa shape index (κ3) is 0.992. The largest absolute Gasteiger partial charge is 0.289 e. The highest BCUT2D eigenvalue weighted by Gasteiger charge is 2.07. The minimum Gasteiger partial charge on any atom is -0.289 e. The van der Waals surface area contributed by atoms with E-state index in [4.69, 9.17) is 0 Å². The lowest BCUT2D eigenvalue weighted by Crippen LogP contribution is -2.02. The van der Waals surface area contributed by atoms with Crippen LogP contribution in [0.5, 0.6) is 0 Å². The quantitative estimate of drug-likeness (QED) is 0.547. The van der Waals surface area contributed by atoms with E-state index in [2.05, 4.69) is 3.79 Å². The number of benzene rings is 1. The van der Waals surface area contributed by atoms with E-state index in [9.17, 15) is 4.79 Å². The lowest BCUT2D eigenvalue weighted by Gasteiger charge is -2.03. The van der Waals surface area contributed by atoms with Crippen LogP contribution in [0.2, 0.25) is 0 Å². The van der Waals surface area contributed by atoms with Gasteiger partial charge in [-0.2, -0.15) is 0 Å². The summed E-state index contributed by atoms with van der Waals surface area (Å²) >= 11 is 1.59. The molecule has 1 aliphatic carbocycles. The summed E-state index contributed by atoms with van der Waals surface area (Å²) in [5.41, 5.74) is 1.98. The number of hydrogen-bond donors (Lipinski definition) is 0. The first-order chi connectivity index (χ1) is 6.84. The van der Waals surface area contributed by atoms with Crippen molar-refractivity contribution in [2.45, 2.75) is 0 Å². The molecule has 1 aromatic heterocycles. The van der Waals surface area contributed by atoms with Crippen molar-refractivity contribution in [3.8, 4) is 10.4 Å². The van der Waals surface area contributed by atoms with Crippen molar-refractivity contribution in [1.82, 2.24) is 3.79 Å². The van der Waals surface area contributed by atoms with Crippen LogP contribution in [0.15, 0.2) is 47.4 Å². The molecule has 14 heavy (non-hydrogen) atoms. The summed E-state index contributed by atoms with van der Waals surface area (Å²) in [6, 6.07) is 11.3. The van der Waals surface area contributed by atoms with Gasteiger partial charge < -0.3 is 0 Å². The van der Waals surface area contributed by atoms with Gasteiger partial charge in [0.25, 0.3) is 0 Å². The molecule has 3 heteroatoms. The normalized spacial score (nSPS) is 11.1. The van der Waals surface area contributed by atoms with Gasteiger partial charge in [0.2, 0.25) is 0 Å². The molecular weight excluding hydrogens is 194 g/mol. The summed E-state index contributed by atoms with van der Waals surface area (Å²) in [4.78, 5) is 12.6. The Labute approximate surface area is 84.5 Å². The summed E-state index contributed by atoms with van der Waals surface area (Å²) in [5, 5.41) is 0. The van der Waals surface area contributed by atoms with Gasteiger partial charge in [-0.05, 0) is 30.3 Å². The van der Waals surface area contributed by atoms with Gasteiger partial charge in [-0.15, -0.1) is 0 Å². The van der Waals surface area contributed by atoms with Gasteiger partial charge >= 0.3 is 0 Å². The Bertz CT molecular complexity index is 623. The molecule has 0 saturated carbocycles. The van der Waals surface area contributed by atoms with E-state index in [1.807, 2.05) is 30.5 Å². The molecule has 0 atom stereocenters. The van der Waals surface area contributed by atoms with Crippen LogP contribution < -0.4 is 5.43 Å². The highest BCUT2D eigenvalue weighted by molar-refractivity contribution is 7.10.